The molecule has 2 unspecified atom stereocenters. The van der Waals surface area contributed by atoms with Crippen molar-refractivity contribution in [3.63, 3.8) is 0 Å². The number of benzene rings is 1. The van der Waals surface area contributed by atoms with Gasteiger partial charge in [0.05, 0.1) is 19.3 Å². The molecule has 0 aliphatic carbocycles. The first kappa shape index (κ1) is 13.9. The van der Waals surface area contributed by atoms with E-state index in [0.717, 1.165) is 5.56 Å². The second-order valence-corrected chi connectivity index (χ2v) is 5.48. The van der Waals surface area contributed by atoms with Crippen LogP contribution in [0.1, 0.15) is 12.0 Å². The minimum atomic E-state index is -0.967. The van der Waals surface area contributed by atoms with Gasteiger partial charge in [0.25, 0.3) is 0 Å². The van der Waals surface area contributed by atoms with Crippen LogP contribution in [0.2, 0.25) is 0 Å². The Bertz CT molecular complexity index is 546. The van der Waals surface area contributed by atoms with E-state index >= 15 is 0 Å². The van der Waals surface area contributed by atoms with Gasteiger partial charge in [-0.2, -0.15) is 0 Å². The fraction of sp³-hybridized carbons (Fsp3) is 0.467. The van der Waals surface area contributed by atoms with Crippen LogP contribution in [-0.2, 0) is 20.9 Å². The lowest BCUT2D eigenvalue weighted by atomic mass is 9.83. The van der Waals surface area contributed by atoms with Crippen molar-refractivity contribution in [3.8, 4) is 0 Å². The molecule has 2 saturated heterocycles. The van der Waals surface area contributed by atoms with Crippen molar-refractivity contribution in [3.05, 3.63) is 35.9 Å². The topological polar surface area (TPSA) is 76.1 Å². The maximum atomic E-state index is 12.2. The van der Waals surface area contributed by atoms with Gasteiger partial charge in [0.2, 0.25) is 0 Å². The number of carbonyl (C=O) groups is 2. The number of likely N-dealkylation sites (tertiary alicyclic amines) is 1. The highest BCUT2D eigenvalue weighted by atomic mass is 16.6. The third kappa shape index (κ3) is 2.35. The summed E-state index contributed by atoms with van der Waals surface area (Å²) >= 11 is 0. The summed E-state index contributed by atoms with van der Waals surface area (Å²) in [5, 5.41) is 9.42. The van der Waals surface area contributed by atoms with Crippen molar-refractivity contribution in [2.45, 2.75) is 19.1 Å². The molecule has 2 atom stereocenters. The quantitative estimate of drug-likeness (QED) is 0.913. The van der Waals surface area contributed by atoms with E-state index in [1.807, 2.05) is 30.3 Å². The van der Waals surface area contributed by atoms with E-state index in [1.54, 1.807) is 0 Å². The van der Waals surface area contributed by atoms with E-state index in [4.69, 9.17) is 9.47 Å². The Morgan fingerprint density at radius 1 is 1.38 bits per heavy atom. The minimum absolute atomic E-state index is 0.162. The van der Waals surface area contributed by atoms with E-state index in [0.29, 0.717) is 13.0 Å². The Hall–Kier alpha value is -2.08. The van der Waals surface area contributed by atoms with Crippen LogP contribution in [0.25, 0.3) is 0 Å². The summed E-state index contributed by atoms with van der Waals surface area (Å²) in [5.74, 6) is -0.900. The average molecular weight is 291 g/mol. The molecule has 2 heterocycles. The van der Waals surface area contributed by atoms with E-state index in [-0.39, 0.29) is 19.8 Å². The smallest absolute Gasteiger partial charge is 0.410 e. The van der Waals surface area contributed by atoms with Gasteiger partial charge in [-0.3, -0.25) is 4.79 Å². The van der Waals surface area contributed by atoms with Gasteiger partial charge in [-0.15, -0.1) is 0 Å². The molecular formula is C15H17NO5. The number of carboxylic acid groups (broad SMARTS) is 1. The first-order valence-corrected chi connectivity index (χ1v) is 6.92. The van der Waals surface area contributed by atoms with Crippen LogP contribution < -0.4 is 0 Å². The van der Waals surface area contributed by atoms with Crippen molar-refractivity contribution in [2.24, 2.45) is 5.41 Å². The summed E-state index contributed by atoms with van der Waals surface area (Å²) < 4.78 is 10.6. The second-order valence-electron chi connectivity index (χ2n) is 5.48. The predicted octanol–water partition coefficient (Wildman–Crippen LogP) is 1.50. The first-order valence-electron chi connectivity index (χ1n) is 6.92. The molecule has 6 heteroatoms. The van der Waals surface area contributed by atoms with Crippen LogP contribution in [0, 0.1) is 5.41 Å². The molecular weight excluding hydrogens is 274 g/mol. The lowest BCUT2D eigenvalue weighted by Gasteiger charge is -2.26. The van der Waals surface area contributed by atoms with Crippen LogP contribution in [0.15, 0.2) is 30.3 Å². The van der Waals surface area contributed by atoms with E-state index in [9.17, 15) is 14.7 Å². The maximum Gasteiger partial charge on any atom is 0.410 e. The SMILES string of the molecule is O=C(OCc1ccccc1)N1CCC2(C(=O)O)COCC12. The molecule has 1 N–H and O–H groups in total. The highest BCUT2D eigenvalue weighted by Gasteiger charge is 2.58. The normalized spacial score (nSPS) is 27.4. The molecule has 3 rings (SSSR count). The Labute approximate surface area is 122 Å². The molecule has 112 valence electrons. The molecule has 21 heavy (non-hydrogen) atoms. The van der Waals surface area contributed by atoms with Gasteiger partial charge >= 0.3 is 12.1 Å². The lowest BCUT2D eigenvalue weighted by molar-refractivity contribution is -0.149. The summed E-state index contributed by atoms with van der Waals surface area (Å²) in [6, 6.07) is 8.95. The lowest BCUT2D eigenvalue weighted by Crippen LogP contribution is -2.45. The number of ether oxygens (including phenoxy) is 2. The van der Waals surface area contributed by atoms with Crippen LogP contribution >= 0.6 is 0 Å². The van der Waals surface area contributed by atoms with E-state index < -0.39 is 23.5 Å². The summed E-state index contributed by atoms with van der Waals surface area (Å²) in [5.41, 5.74) is -0.0663. The molecule has 1 aromatic rings. The number of hydrogen-bond acceptors (Lipinski definition) is 4. The maximum absolute atomic E-state index is 12.2. The molecule has 0 bridgehead atoms. The Morgan fingerprint density at radius 2 is 2.14 bits per heavy atom. The Morgan fingerprint density at radius 3 is 2.86 bits per heavy atom. The van der Waals surface area contributed by atoms with Crippen molar-refractivity contribution in [1.82, 2.24) is 4.90 Å². The molecule has 0 aromatic heterocycles. The third-order valence-electron chi connectivity index (χ3n) is 4.31. The number of fused-ring (bicyclic) bond motifs is 1. The number of amides is 1. The van der Waals surface area contributed by atoms with Crippen molar-refractivity contribution in [1.29, 1.82) is 0 Å². The summed E-state index contributed by atoms with van der Waals surface area (Å²) in [7, 11) is 0. The second kappa shape index (κ2) is 5.37. The molecule has 2 fully saturated rings. The average Bonchev–Trinajstić information content (AvgIpc) is 3.05. The molecule has 0 saturated carbocycles. The standard InChI is InChI=1S/C15H17NO5/c17-13(18)15-6-7-16(12(15)9-20-10-15)14(19)21-8-11-4-2-1-3-5-11/h1-5,12H,6-10H2,(H,17,18). The summed E-state index contributed by atoms with van der Waals surface area (Å²) in [6.07, 6.45) is -0.0644. The highest BCUT2D eigenvalue weighted by molar-refractivity contribution is 5.79. The van der Waals surface area contributed by atoms with E-state index in [1.165, 1.54) is 4.90 Å². The first-order chi connectivity index (χ1) is 10.1. The number of carboxylic acids is 1. The molecule has 2 aliphatic rings. The Balaban J connectivity index is 1.65. The van der Waals surface area contributed by atoms with Crippen LogP contribution in [0.4, 0.5) is 4.79 Å². The molecule has 0 radical (unpaired) electrons. The van der Waals surface area contributed by atoms with Crippen LogP contribution in [0.3, 0.4) is 0 Å². The predicted molar refractivity (Wildman–Crippen MR) is 72.6 cm³/mol. The summed E-state index contributed by atoms with van der Waals surface area (Å²) in [4.78, 5) is 25.2. The zero-order chi connectivity index (χ0) is 14.9. The van der Waals surface area contributed by atoms with Gasteiger partial charge in [0.15, 0.2) is 0 Å². The number of nitrogens with zero attached hydrogens (tertiary/aromatic N) is 1. The van der Waals surface area contributed by atoms with Gasteiger partial charge in [-0.1, -0.05) is 30.3 Å². The number of hydrogen-bond donors (Lipinski definition) is 1. The van der Waals surface area contributed by atoms with Gasteiger partial charge in [-0.25, -0.2) is 4.79 Å². The Kier molecular flexibility index (Phi) is 3.55. The number of rotatable bonds is 3. The van der Waals surface area contributed by atoms with Gasteiger partial charge in [0.1, 0.15) is 12.0 Å². The molecule has 1 amide bonds. The van der Waals surface area contributed by atoms with Gasteiger partial charge in [0, 0.05) is 6.54 Å². The fourth-order valence-corrected chi connectivity index (χ4v) is 3.04. The van der Waals surface area contributed by atoms with Crippen LogP contribution in [0.5, 0.6) is 0 Å². The minimum Gasteiger partial charge on any atom is -0.481 e. The fourth-order valence-electron chi connectivity index (χ4n) is 3.04. The molecule has 0 spiro atoms. The summed E-state index contributed by atoms with van der Waals surface area (Å²) in [6.45, 7) is 1.000. The monoisotopic (exact) mass is 291 g/mol. The molecule has 2 aliphatic heterocycles. The largest absolute Gasteiger partial charge is 0.481 e. The van der Waals surface area contributed by atoms with Crippen molar-refractivity contribution in [2.75, 3.05) is 19.8 Å². The number of carbonyl (C=O) groups excluding carboxylic acids is 1. The zero-order valence-corrected chi connectivity index (χ0v) is 11.5. The highest BCUT2D eigenvalue weighted by Crippen LogP contribution is 2.42. The number of aliphatic carboxylic acids is 1. The van der Waals surface area contributed by atoms with E-state index in [2.05, 4.69) is 0 Å². The van der Waals surface area contributed by atoms with Gasteiger partial charge in [-0.05, 0) is 12.0 Å². The molecule has 6 nitrogen and oxygen atoms in total. The molecule has 1 aromatic carbocycles. The van der Waals surface area contributed by atoms with Crippen LogP contribution in [-0.4, -0.2) is 47.9 Å². The van der Waals surface area contributed by atoms with Gasteiger partial charge < -0.3 is 19.5 Å². The van der Waals surface area contributed by atoms with Crippen molar-refractivity contribution >= 4 is 12.1 Å². The zero-order valence-electron chi connectivity index (χ0n) is 11.5. The van der Waals surface area contributed by atoms with Crippen molar-refractivity contribution < 1.29 is 24.2 Å². The third-order valence-corrected chi connectivity index (χ3v) is 4.31.